The van der Waals surface area contributed by atoms with E-state index in [0.29, 0.717) is 41.8 Å². The molecular weight excluding hydrogens is 463 g/mol. The molecule has 0 heterocycles. The van der Waals surface area contributed by atoms with E-state index < -0.39 is 6.18 Å². The van der Waals surface area contributed by atoms with Gasteiger partial charge in [-0.2, -0.15) is 13.2 Å². The maximum Gasteiger partial charge on any atom is 0.457 e. The van der Waals surface area contributed by atoms with E-state index in [1.54, 1.807) is 0 Å². The summed E-state index contributed by atoms with van der Waals surface area (Å²) in [6.07, 6.45) is 8.45. The molecule has 6 heteroatoms. The summed E-state index contributed by atoms with van der Waals surface area (Å²) in [5.41, 5.74) is 4.21. The molecule has 3 saturated carbocycles. The number of fused-ring (bicyclic) bond motifs is 5. The molecule has 5 rings (SSSR count). The number of aliphatic hydroxyl groups excluding tert-OH is 1. The lowest BCUT2D eigenvalue weighted by molar-refractivity contribution is -0.118. The number of hydrogen-bond acceptors (Lipinski definition) is 3. The molecule has 4 aliphatic carbocycles. The second-order valence-electron chi connectivity index (χ2n) is 11.9. The number of halogens is 3. The van der Waals surface area contributed by atoms with Crippen LogP contribution in [0.2, 0.25) is 0 Å². The first kappa shape index (κ1) is 26.8. The van der Waals surface area contributed by atoms with Crippen molar-refractivity contribution in [3.63, 3.8) is 0 Å². The molecule has 1 N–H and O–H groups in total. The zero-order valence-electron chi connectivity index (χ0n) is 21.7. The summed E-state index contributed by atoms with van der Waals surface area (Å²) in [6.45, 7) is 4.82. The van der Waals surface area contributed by atoms with Crippen molar-refractivity contribution >= 4 is 11.5 Å². The molecule has 0 saturated heterocycles. The van der Waals surface area contributed by atoms with Crippen molar-refractivity contribution in [1.82, 2.24) is 0 Å². The lowest BCUT2D eigenvalue weighted by atomic mass is 9.44. The van der Waals surface area contributed by atoms with Gasteiger partial charge in [0.05, 0.1) is 6.10 Å². The van der Waals surface area contributed by atoms with Crippen molar-refractivity contribution in [2.24, 2.45) is 28.6 Å². The molecule has 3 fully saturated rings. The number of carbonyl (C=O) groups is 1. The van der Waals surface area contributed by atoms with Gasteiger partial charge in [-0.3, -0.25) is 4.79 Å². The Morgan fingerprint density at radius 3 is 2.31 bits per heavy atom. The number of benzene rings is 1. The van der Waals surface area contributed by atoms with Gasteiger partial charge in [-0.05, 0) is 96.8 Å². The van der Waals surface area contributed by atoms with Crippen molar-refractivity contribution in [3.8, 4) is 12.3 Å². The number of carbonyl (C=O) groups excluding carboxylic acids is 1. The van der Waals surface area contributed by atoms with Crippen LogP contribution in [-0.2, 0) is 4.79 Å². The van der Waals surface area contributed by atoms with Crippen molar-refractivity contribution in [3.05, 3.63) is 41.5 Å². The van der Waals surface area contributed by atoms with Gasteiger partial charge in [0.15, 0.2) is 5.78 Å². The first-order chi connectivity index (χ1) is 16.8. The quantitative estimate of drug-likeness (QED) is 0.469. The molecule has 196 valence electrons. The maximum atomic E-state index is 12.2. The van der Waals surface area contributed by atoms with E-state index in [-0.39, 0.29) is 16.9 Å². The standard InChI is InChI=1S/C27H37NO2.C3HF3/c1-26-14-13-20(29)15-18(26)7-10-21-23-11-12-24(30)27(23,2)16-22(25(21)26)17-5-8-19(9-6-17)28(3)4;1-2-3(4,5)6/h5-6,8-9,15,21-25,30H,7,10-14,16H2,1-4H3;1H. The minimum atomic E-state index is -4.43. The van der Waals surface area contributed by atoms with E-state index in [0.717, 1.165) is 25.7 Å². The molecule has 0 radical (unpaired) electrons. The molecule has 4 aliphatic rings. The fourth-order valence-electron chi connectivity index (χ4n) is 8.06. The number of rotatable bonds is 2. The van der Waals surface area contributed by atoms with E-state index in [9.17, 15) is 23.1 Å². The highest BCUT2D eigenvalue weighted by Crippen LogP contribution is 2.68. The molecule has 3 nitrogen and oxygen atoms in total. The minimum absolute atomic E-state index is 0.0219. The number of alkyl halides is 3. The Balaban J connectivity index is 0.000000455. The molecule has 0 bridgehead atoms. The van der Waals surface area contributed by atoms with Crippen LogP contribution in [0.25, 0.3) is 0 Å². The maximum absolute atomic E-state index is 12.2. The Labute approximate surface area is 213 Å². The normalized spacial score (nSPS) is 37.4. The average Bonchev–Trinajstić information content (AvgIpc) is 3.13. The summed E-state index contributed by atoms with van der Waals surface area (Å²) >= 11 is 0. The number of terminal acetylenes is 1. The van der Waals surface area contributed by atoms with E-state index in [2.05, 4.69) is 63.5 Å². The van der Waals surface area contributed by atoms with Gasteiger partial charge in [0.25, 0.3) is 0 Å². The van der Waals surface area contributed by atoms with Crippen LogP contribution in [-0.4, -0.2) is 37.3 Å². The number of allylic oxidation sites excluding steroid dienone is 1. The topological polar surface area (TPSA) is 40.5 Å². The van der Waals surface area contributed by atoms with Crippen LogP contribution < -0.4 is 4.90 Å². The predicted octanol–water partition coefficient (Wildman–Crippen LogP) is 6.52. The zero-order valence-corrected chi connectivity index (χ0v) is 21.7. The summed E-state index contributed by atoms with van der Waals surface area (Å²) < 4.78 is 31.6. The van der Waals surface area contributed by atoms with Gasteiger partial charge in [-0.15, -0.1) is 6.42 Å². The Hall–Kier alpha value is -2.26. The van der Waals surface area contributed by atoms with Crippen LogP contribution in [0.5, 0.6) is 0 Å². The largest absolute Gasteiger partial charge is 0.457 e. The third kappa shape index (κ3) is 4.72. The third-order valence-corrected chi connectivity index (χ3v) is 9.87. The molecule has 7 unspecified atom stereocenters. The van der Waals surface area contributed by atoms with Gasteiger partial charge in [-0.25, -0.2) is 0 Å². The molecule has 1 aromatic rings. The molecule has 0 amide bonds. The van der Waals surface area contributed by atoms with Gasteiger partial charge in [0.1, 0.15) is 0 Å². The average molecular weight is 502 g/mol. The molecule has 7 atom stereocenters. The van der Waals surface area contributed by atoms with Crippen molar-refractivity contribution < 1.29 is 23.1 Å². The summed E-state index contributed by atoms with van der Waals surface area (Å²) in [7, 11) is 4.18. The molecule has 0 spiro atoms. The number of nitrogens with zero attached hydrogens (tertiary/aromatic N) is 1. The number of hydrogen-bond donors (Lipinski definition) is 1. The van der Waals surface area contributed by atoms with E-state index in [1.165, 1.54) is 29.7 Å². The van der Waals surface area contributed by atoms with Gasteiger partial charge < -0.3 is 10.0 Å². The highest BCUT2D eigenvalue weighted by Gasteiger charge is 2.62. The van der Waals surface area contributed by atoms with Crippen LogP contribution >= 0.6 is 0 Å². The third-order valence-electron chi connectivity index (χ3n) is 9.87. The van der Waals surface area contributed by atoms with Gasteiger partial charge in [-0.1, -0.05) is 31.6 Å². The monoisotopic (exact) mass is 501 g/mol. The number of aliphatic hydroxyl groups is 1. The Kier molecular flexibility index (Phi) is 7.11. The Morgan fingerprint density at radius 2 is 1.72 bits per heavy atom. The van der Waals surface area contributed by atoms with E-state index in [1.807, 2.05) is 6.08 Å². The predicted molar refractivity (Wildman–Crippen MR) is 136 cm³/mol. The van der Waals surface area contributed by atoms with Gasteiger partial charge in [0, 0.05) is 32.1 Å². The highest BCUT2D eigenvalue weighted by molar-refractivity contribution is 5.91. The molecule has 0 aromatic heterocycles. The minimum Gasteiger partial charge on any atom is -0.393 e. The number of ketones is 1. The number of anilines is 1. The SMILES string of the molecule is C#CC(F)(F)F.CN(C)c1ccc(C2CC3(C)C(O)CCC3C3CCC4=CC(=O)CCC4(C)C23)cc1. The Bertz CT molecular complexity index is 1050. The van der Waals surface area contributed by atoms with Crippen molar-refractivity contribution in [2.75, 3.05) is 19.0 Å². The lowest BCUT2D eigenvalue weighted by Crippen LogP contribution is -2.54. The van der Waals surface area contributed by atoms with Gasteiger partial charge >= 0.3 is 6.18 Å². The molecule has 36 heavy (non-hydrogen) atoms. The van der Waals surface area contributed by atoms with Crippen LogP contribution in [0.15, 0.2) is 35.9 Å². The van der Waals surface area contributed by atoms with Crippen LogP contribution in [0.1, 0.15) is 70.3 Å². The van der Waals surface area contributed by atoms with Crippen molar-refractivity contribution in [1.29, 1.82) is 0 Å². The second kappa shape index (κ2) is 9.56. The second-order valence-corrected chi connectivity index (χ2v) is 11.9. The van der Waals surface area contributed by atoms with Crippen LogP contribution in [0.3, 0.4) is 0 Å². The summed E-state index contributed by atoms with van der Waals surface area (Å²) in [6, 6.07) is 9.15. The summed E-state index contributed by atoms with van der Waals surface area (Å²) in [5.74, 6) is 3.21. The van der Waals surface area contributed by atoms with Crippen LogP contribution in [0, 0.1) is 40.9 Å². The first-order valence-electron chi connectivity index (χ1n) is 13.0. The van der Waals surface area contributed by atoms with E-state index >= 15 is 0 Å². The molecule has 0 aliphatic heterocycles. The lowest BCUT2D eigenvalue weighted by Gasteiger charge is -2.61. The Morgan fingerprint density at radius 1 is 1.08 bits per heavy atom. The smallest absolute Gasteiger partial charge is 0.393 e. The first-order valence-corrected chi connectivity index (χ1v) is 13.0. The zero-order chi connectivity index (χ0) is 26.5. The van der Waals surface area contributed by atoms with Crippen LogP contribution in [0.4, 0.5) is 18.9 Å². The molecular formula is C30H38F3NO2. The summed E-state index contributed by atoms with van der Waals surface area (Å²) in [4.78, 5) is 14.4. The molecule has 1 aromatic carbocycles. The fourth-order valence-corrected chi connectivity index (χ4v) is 8.06. The highest BCUT2D eigenvalue weighted by atomic mass is 19.4. The summed E-state index contributed by atoms with van der Waals surface area (Å²) in [5, 5.41) is 11.0. The van der Waals surface area contributed by atoms with Gasteiger partial charge in [0.2, 0.25) is 0 Å². The van der Waals surface area contributed by atoms with Crippen molar-refractivity contribution in [2.45, 2.75) is 77.0 Å². The fraction of sp³-hybridized carbons (Fsp3) is 0.633. The van der Waals surface area contributed by atoms with E-state index in [4.69, 9.17) is 0 Å².